The van der Waals surface area contributed by atoms with Crippen LogP contribution in [-0.2, 0) is 5.41 Å². The van der Waals surface area contributed by atoms with Crippen molar-refractivity contribution in [2.24, 2.45) is 0 Å². The molecule has 0 radical (unpaired) electrons. The first-order chi connectivity index (χ1) is 26.8. The largest absolute Gasteiger partial charge is 0.457 e. The van der Waals surface area contributed by atoms with Crippen molar-refractivity contribution < 1.29 is 9.15 Å². The normalized spacial score (nSPS) is 15.6. The third kappa shape index (κ3) is 3.93. The number of para-hydroxylation sites is 2. The maximum atomic E-state index is 6.87. The average molecular weight is 692 g/mol. The third-order valence-corrected chi connectivity index (χ3v) is 11.4. The van der Waals surface area contributed by atoms with Crippen molar-refractivity contribution in [3.05, 3.63) is 198 Å². The van der Waals surface area contributed by atoms with Crippen molar-refractivity contribution in [3.8, 4) is 28.4 Å². The minimum atomic E-state index is -0.716. The summed E-state index contributed by atoms with van der Waals surface area (Å²) in [6.45, 7) is 0. The van der Waals surface area contributed by atoms with Crippen LogP contribution in [0.3, 0.4) is 0 Å². The molecule has 10 aromatic rings. The zero-order valence-electron chi connectivity index (χ0n) is 28.9. The van der Waals surface area contributed by atoms with Gasteiger partial charge in [0.25, 0.3) is 0 Å². The molecule has 5 heterocycles. The number of hydrogen-bond donors (Lipinski definition) is 0. The molecule has 0 fully saturated rings. The first-order valence-corrected chi connectivity index (χ1v) is 18.2. The topological polar surface area (TPSA) is 53.1 Å². The summed E-state index contributed by atoms with van der Waals surface area (Å²) < 4.78 is 15.7. The van der Waals surface area contributed by atoms with Crippen molar-refractivity contribution in [3.63, 3.8) is 0 Å². The molecule has 1 aliphatic carbocycles. The van der Waals surface area contributed by atoms with Gasteiger partial charge >= 0.3 is 0 Å². The van der Waals surface area contributed by atoms with Crippen LogP contribution < -0.4 is 4.74 Å². The van der Waals surface area contributed by atoms with Crippen LogP contribution in [0.1, 0.15) is 33.4 Å². The second-order valence-corrected chi connectivity index (χ2v) is 14.2. The number of pyridine rings is 2. The number of nitrogens with zero attached hydrogens (tertiary/aromatic N) is 3. The minimum absolute atomic E-state index is 0.716. The lowest BCUT2D eigenvalue weighted by Gasteiger charge is -2.42. The summed E-state index contributed by atoms with van der Waals surface area (Å²) in [4.78, 5) is 9.25. The van der Waals surface area contributed by atoms with Crippen LogP contribution in [0.2, 0.25) is 0 Å². The van der Waals surface area contributed by atoms with Crippen LogP contribution in [0.5, 0.6) is 11.5 Å². The summed E-state index contributed by atoms with van der Waals surface area (Å²) in [6.07, 6.45) is 10.2. The molecule has 54 heavy (non-hydrogen) atoms. The van der Waals surface area contributed by atoms with Gasteiger partial charge in [-0.3, -0.25) is 9.55 Å². The Morgan fingerprint density at radius 2 is 1.26 bits per heavy atom. The monoisotopic (exact) mass is 691 g/mol. The van der Waals surface area contributed by atoms with E-state index >= 15 is 0 Å². The summed E-state index contributed by atoms with van der Waals surface area (Å²) in [5.41, 5.74) is 12.3. The lowest BCUT2D eigenvalue weighted by molar-refractivity contribution is 0.435. The number of hydrogen-bond acceptors (Lipinski definition) is 4. The maximum Gasteiger partial charge on any atom is 0.137 e. The van der Waals surface area contributed by atoms with E-state index in [1.54, 1.807) is 0 Å². The Morgan fingerprint density at radius 3 is 2.19 bits per heavy atom. The quantitative estimate of drug-likeness (QED) is 0.181. The van der Waals surface area contributed by atoms with Crippen LogP contribution >= 0.6 is 0 Å². The molecule has 252 valence electrons. The van der Waals surface area contributed by atoms with Crippen LogP contribution in [0.25, 0.3) is 72.8 Å². The van der Waals surface area contributed by atoms with Gasteiger partial charge in [-0.1, -0.05) is 97.1 Å². The molecular formula is C49H29N3O2. The average Bonchev–Trinajstić information content (AvgIpc) is 3.72. The highest BCUT2D eigenvalue weighted by Crippen LogP contribution is 2.59. The summed E-state index contributed by atoms with van der Waals surface area (Å²) in [7, 11) is 0. The van der Waals surface area contributed by atoms with Gasteiger partial charge in [0.1, 0.15) is 28.5 Å². The predicted molar refractivity (Wildman–Crippen MR) is 216 cm³/mol. The summed E-state index contributed by atoms with van der Waals surface area (Å²) in [6, 6.07) is 51.7. The van der Waals surface area contributed by atoms with Gasteiger partial charge in [-0.25, -0.2) is 4.98 Å². The van der Waals surface area contributed by atoms with Gasteiger partial charge in [0.2, 0.25) is 0 Å². The van der Waals surface area contributed by atoms with Gasteiger partial charge in [-0.2, -0.15) is 0 Å². The zero-order chi connectivity index (χ0) is 35.4. The highest BCUT2D eigenvalue weighted by molar-refractivity contribution is 6.10. The Bertz CT molecular complexity index is 3210. The molecule has 0 saturated carbocycles. The van der Waals surface area contributed by atoms with Crippen molar-refractivity contribution >= 4 is 55.9 Å². The predicted octanol–water partition coefficient (Wildman–Crippen LogP) is 12.1. The van der Waals surface area contributed by atoms with Gasteiger partial charge in [-0.15, -0.1) is 0 Å². The Kier molecular flexibility index (Phi) is 5.92. The maximum absolute atomic E-state index is 6.87. The van der Waals surface area contributed by atoms with E-state index in [9.17, 15) is 0 Å². The molecular weight excluding hydrogens is 663 g/mol. The fourth-order valence-electron chi connectivity index (χ4n) is 9.13. The van der Waals surface area contributed by atoms with E-state index in [2.05, 4.69) is 137 Å². The van der Waals surface area contributed by atoms with Crippen LogP contribution in [0.15, 0.2) is 169 Å². The summed E-state index contributed by atoms with van der Waals surface area (Å²) in [5.74, 6) is 2.56. The number of benzene rings is 6. The van der Waals surface area contributed by atoms with Crippen molar-refractivity contribution in [2.45, 2.75) is 5.41 Å². The van der Waals surface area contributed by atoms with E-state index < -0.39 is 5.41 Å². The van der Waals surface area contributed by atoms with Crippen molar-refractivity contribution in [1.82, 2.24) is 14.5 Å². The van der Waals surface area contributed by atoms with Crippen molar-refractivity contribution in [2.75, 3.05) is 0 Å². The summed E-state index contributed by atoms with van der Waals surface area (Å²) in [5, 5.41) is 4.34. The molecule has 1 unspecified atom stereocenters. The molecule has 4 aromatic heterocycles. The third-order valence-electron chi connectivity index (χ3n) is 11.4. The van der Waals surface area contributed by atoms with Gasteiger partial charge in [0.15, 0.2) is 0 Å². The standard InChI is InChI=1S/C49H29N3O2/c1-3-11-38-30(9-1)16-17-31-18-19-33(32-20-21-42-35(25-32)37-29-50-24-22-43(37)52(42)48-15-7-8-23-51-48)26-40(31)49(38)39-12-4-6-14-45(39)54-47-27-36-34-10-2-5-13-44(34)53-46(36)28-41(47)49/h1-29H. The molecule has 1 atom stereocenters. The molecule has 1 aliphatic heterocycles. The van der Waals surface area contributed by atoms with Crippen LogP contribution in [0, 0.1) is 0 Å². The van der Waals surface area contributed by atoms with Crippen LogP contribution in [0.4, 0.5) is 0 Å². The smallest absolute Gasteiger partial charge is 0.137 e. The highest BCUT2D eigenvalue weighted by Gasteiger charge is 2.48. The number of aromatic nitrogens is 3. The first kappa shape index (κ1) is 29.3. The van der Waals surface area contributed by atoms with Crippen molar-refractivity contribution in [1.29, 1.82) is 0 Å². The molecule has 0 N–H and O–H groups in total. The number of ether oxygens (including phenoxy) is 1. The molecule has 5 nitrogen and oxygen atoms in total. The van der Waals surface area contributed by atoms with Crippen LogP contribution in [-0.4, -0.2) is 14.5 Å². The van der Waals surface area contributed by atoms with E-state index in [-0.39, 0.29) is 0 Å². The SMILES string of the molecule is C1=Cc2ccc(-c3ccc4c(c3)c3cnccc3n4-c3ccccn3)cc2C2(c3ccccc31)c1ccccc1Oc1cc3c(cc12)oc1ccccc13. The van der Waals surface area contributed by atoms with Gasteiger partial charge in [0.05, 0.1) is 16.4 Å². The minimum Gasteiger partial charge on any atom is -0.457 e. The second-order valence-electron chi connectivity index (χ2n) is 14.2. The van der Waals surface area contributed by atoms with Gasteiger partial charge in [-0.05, 0) is 94.0 Å². The summed E-state index contributed by atoms with van der Waals surface area (Å²) >= 11 is 0. The van der Waals surface area contributed by atoms with Gasteiger partial charge in [0, 0.05) is 51.3 Å². The fraction of sp³-hybridized carbons (Fsp3) is 0.0204. The Morgan fingerprint density at radius 1 is 0.481 bits per heavy atom. The molecule has 6 aromatic carbocycles. The Balaban J connectivity index is 1.16. The lowest BCUT2D eigenvalue weighted by atomic mass is 9.62. The molecule has 2 aliphatic rings. The molecule has 0 amide bonds. The van der Waals surface area contributed by atoms with E-state index in [4.69, 9.17) is 14.1 Å². The Labute approximate surface area is 310 Å². The number of furan rings is 1. The van der Waals surface area contributed by atoms with E-state index in [0.717, 1.165) is 88.9 Å². The first-order valence-electron chi connectivity index (χ1n) is 18.2. The molecule has 1 spiro atoms. The molecule has 5 heteroatoms. The second kappa shape index (κ2) is 10.9. The van der Waals surface area contributed by atoms with Gasteiger partial charge < -0.3 is 9.15 Å². The number of fused-ring (bicyclic) bond motifs is 14. The van der Waals surface area contributed by atoms with E-state index in [0.29, 0.717) is 0 Å². The Hall–Kier alpha value is -7.24. The lowest BCUT2D eigenvalue weighted by Crippen LogP contribution is -2.35. The highest BCUT2D eigenvalue weighted by atomic mass is 16.5. The van der Waals surface area contributed by atoms with E-state index in [1.165, 1.54) is 16.7 Å². The van der Waals surface area contributed by atoms with E-state index in [1.807, 2.05) is 48.9 Å². The molecule has 12 rings (SSSR count). The molecule has 0 saturated heterocycles. The zero-order valence-corrected chi connectivity index (χ0v) is 28.9. The number of rotatable bonds is 2. The fourth-order valence-corrected chi connectivity index (χ4v) is 9.13. The molecule has 0 bridgehead atoms.